The molecule has 6 rings (SSSR count). The molecule has 0 aliphatic rings. The summed E-state index contributed by atoms with van der Waals surface area (Å²) in [6.07, 6.45) is 0. The number of anilines is 3. The van der Waals surface area contributed by atoms with E-state index in [1.54, 1.807) is 0 Å². The van der Waals surface area contributed by atoms with Crippen molar-refractivity contribution in [2.45, 2.75) is 0 Å². The fourth-order valence-electron chi connectivity index (χ4n) is 4.36. The number of hydrogen-bond acceptors (Lipinski definition) is 1. The maximum atomic E-state index is 2.25. The van der Waals surface area contributed by atoms with Gasteiger partial charge in [0, 0.05) is 17.1 Å². The topological polar surface area (TPSA) is 3.24 Å². The molecule has 0 saturated carbocycles. The second-order valence-electron chi connectivity index (χ2n) is 8.68. The Morgan fingerprint density at radius 2 is 0.474 bits per heavy atom. The van der Waals surface area contributed by atoms with Crippen molar-refractivity contribution in [3.8, 4) is 0 Å². The fraction of sp³-hybridized carbons (Fsp3) is 0. The van der Waals surface area contributed by atoms with Crippen molar-refractivity contribution >= 4 is 40.9 Å². The second kappa shape index (κ2) is 13.2. The maximum Gasteiger partial charge on any atom is 0.0461 e. The Kier molecular flexibility index (Phi) is 8.75. The Morgan fingerprint density at radius 1 is 0.263 bits per heavy atom. The van der Waals surface area contributed by atoms with Crippen molar-refractivity contribution in [2.75, 3.05) is 4.90 Å². The van der Waals surface area contributed by atoms with Gasteiger partial charge < -0.3 is 4.90 Å². The molecule has 0 N–H and O–H groups in total. The molecular weight excluding hydrogens is 477 g/mol. The van der Waals surface area contributed by atoms with Crippen LogP contribution < -0.4 is 20.8 Å². The van der Waals surface area contributed by atoms with Crippen molar-refractivity contribution in [3.63, 3.8) is 0 Å². The molecule has 38 heavy (non-hydrogen) atoms. The highest BCUT2D eigenvalue weighted by Crippen LogP contribution is 2.34. The van der Waals surface area contributed by atoms with Crippen molar-refractivity contribution in [3.05, 3.63) is 182 Å². The second-order valence-corrected chi connectivity index (χ2v) is 10.9. The first-order chi connectivity index (χ1) is 18.9. The van der Waals surface area contributed by atoms with Gasteiger partial charge in [0.25, 0.3) is 0 Å². The van der Waals surface area contributed by atoms with E-state index in [0.29, 0.717) is 0 Å². The van der Waals surface area contributed by atoms with Crippen LogP contribution in [0.15, 0.2) is 182 Å². The van der Waals surface area contributed by atoms with Gasteiger partial charge in [0.2, 0.25) is 0 Å². The van der Waals surface area contributed by atoms with E-state index >= 15 is 0 Å². The zero-order valence-corrected chi connectivity index (χ0v) is 22.1. The lowest BCUT2D eigenvalue weighted by molar-refractivity contribution is 1.28. The summed E-state index contributed by atoms with van der Waals surface area (Å²) >= 11 is 0. The molecule has 2 heteroatoms. The highest BCUT2D eigenvalue weighted by atomic mass is 31.1. The van der Waals surface area contributed by atoms with Gasteiger partial charge in [0.15, 0.2) is 0 Å². The average Bonchev–Trinajstić information content (AvgIpc) is 3.01. The van der Waals surface area contributed by atoms with Crippen molar-refractivity contribution in [1.82, 2.24) is 0 Å². The van der Waals surface area contributed by atoms with Crippen LogP contribution in [0.25, 0.3) is 0 Å². The number of benzene rings is 6. The zero-order chi connectivity index (χ0) is 25.8. The largest absolute Gasteiger partial charge is 0.311 e. The van der Waals surface area contributed by atoms with E-state index in [-0.39, 0.29) is 0 Å². The highest BCUT2D eigenvalue weighted by molar-refractivity contribution is 7.79. The minimum absolute atomic E-state index is 0.446. The molecule has 0 atom stereocenters. The Balaban J connectivity index is 0.000000155. The number of para-hydroxylation sites is 3. The van der Waals surface area contributed by atoms with E-state index in [2.05, 4.69) is 169 Å². The van der Waals surface area contributed by atoms with Gasteiger partial charge >= 0.3 is 0 Å². The Bertz CT molecular complexity index is 1170. The van der Waals surface area contributed by atoms with Crippen molar-refractivity contribution in [2.24, 2.45) is 0 Å². The summed E-state index contributed by atoms with van der Waals surface area (Å²) in [7, 11) is -0.446. The van der Waals surface area contributed by atoms with Crippen LogP contribution in [0.4, 0.5) is 17.1 Å². The standard InChI is InChI=1S/C18H15N.C18H15P/c2*1-4-10-16(11-5-1)19(17-12-6-2-7-13-17)18-14-8-3-9-15-18/h2*1-15H. The van der Waals surface area contributed by atoms with Gasteiger partial charge in [0.05, 0.1) is 0 Å². The van der Waals surface area contributed by atoms with Crippen LogP contribution in [0.1, 0.15) is 0 Å². The van der Waals surface area contributed by atoms with Crippen LogP contribution in [0, 0.1) is 0 Å². The molecule has 6 aromatic carbocycles. The predicted octanol–water partition coefficient (Wildman–Crippen LogP) is 8.60. The summed E-state index contributed by atoms with van der Waals surface area (Å²) in [6, 6.07) is 63.6. The minimum atomic E-state index is -0.446. The Labute approximate surface area is 227 Å². The van der Waals surface area contributed by atoms with Gasteiger partial charge in [-0.05, 0) is 60.2 Å². The molecule has 0 radical (unpaired) electrons. The van der Waals surface area contributed by atoms with E-state index in [1.807, 2.05) is 18.2 Å². The molecule has 0 spiro atoms. The lowest BCUT2D eigenvalue weighted by atomic mass is 10.2. The van der Waals surface area contributed by atoms with E-state index in [9.17, 15) is 0 Å². The Morgan fingerprint density at radius 3 is 0.711 bits per heavy atom. The molecule has 184 valence electrons. The monoisotopic (exact) mass is 507 g/mol. The van der Waals surface area contributed by atoms with E-state index in [4.69, 9.17) is 0 Å². The molecule has 0 heterocycles. The minimum Gasteiger partial charge on any atom is -0.311 e. The van der Waals surface area contributed by atoms with Gasteiger partial charge in [-0.25, -0.2) is 0 Å². The van der Waals surface area contributed by atoms with Gasteiger partial charge in [-0.1, -0.05) is 146 Å². The third-order valence-corrected chi connectivity index (χ3v) is 8.53. The van der Waals surface area contributed by atoms with E-state index in [0.717, 1.165) is 0 Å². The van der Waals surface area contributed by atoms with Crippen LogP contribution in [0.3, 0.4) is 0 Å². The lowest BCUT2D eigenvalue weighted by Crippen LogP contribution is -2.20. The third kappa shape index (κ3) is 6.45. The number of hydrogen-bond donors (Lipinski definition) is 0. The molecule has 0 fully saturated rings. The molecule has 6 aromatic rings. The molecule has 0 aromatic heterocycles. The molecular formula is C36H30NP. The number of nitrogens with zero attached hydrogens (tertiary/aromatic N) is 1. The van der Waals surface area contributed by atoms with Crippen molar-refractivity contribution in [1.29, 1.82) is 0 Å². The first-order valence-electron chi connectivity index (χ1n) is 12.8. The summed E-state index contributed by atoms with van der Waals surface area (Å²) in [4.78, 5) is 2.25. The van der Waals surface area contributed by atoms with Gasteiger partial charge in [-0.15, -0.1) is 0 Å². The fourth-order valence-corrected chi connectivity index (χ4v) is 6.66. The van der Waals surface area contributed by atoms with E-state index < -0.39 is 7.92 Å². The van der Waals surface area contributed by atoms with Crippen LogP contribution in [0.2, 0.25) is 0 Å². The van der Waals surface area contributed by atoms with Crippen molar-refractivity contribution < 1.29 is 0 Å². The normalized spacial score (nSPS) is 10.3. The zero-order valence-electron chi connectivity index (χ0n) is 21.2. The summed E-state index contributed by atoms with van der Waals surface area (Å²) < 4.78 is 0. The first kappa shape index (κ1) is 25.2. The van der Waals surface area contributed by atoms with Crippen LogP contribution in [0.5, 0.6) is 0 Å². The predicted molar refractivity (Wildman–Crippen MR) is 166 cm³/mol. The van der Waals surface area contributed by atoms with Gasteiger partial charge in [0.1, 0.15) is 0 Å². The van der Waals surface area contributed by atoms with Crippen LogP contribution in [-0.4, -0.2) is 0 Å². The Hall–Kier alpha value is -4.45. The highest BCUT2D eigenvalue weighted by Gasteiger charge is 2.15. The molecule has 1 nitrogen and oxygen atoms in total. The third-order valence-electron chi connectivity index (χ3n) is 6.09. The molecule has 0 aliphatic carbocycles. The number of rotatable bonds is 6. The summed E-state index contributed by atoms with van der Waals surface area (Å²) in [6.45, 7) is 0. The van der Waals surface area contributed by atoms with Gasteiger partial charge in [-0.3, -0.25) is 0 Å². The van der Waals surface area contributed by atoms with Crippen LogP contribution in [-0.2, 0) is 0 Å². The van der Waals surface area contributed by atoms with E-state index in [1.165, 1.54) is 33.0 Å². The maximum absolute atomic E-state index is 2.25. The molecule has 0 unspecified atom stereocenters. The molecule has 0 aliphatic heterocycles. The smallest absolute Gasteiger partial charge is 0.0461 e. The summed E-state index contributed by atoms with van der Waals surface area (Å²) in [5.74, 6) is 0. The SMILES string of the molecule is c1ccc(N(c2ccccc2)c2ccccc2)cc1.c1ccc(P(c2ccccc2)c2ccccc2)cc1. The molecule has 0 bridgehead atoms. The van der Waals surface area contributed by atoms with Gasteiger partial charge in [-0.2, -0.15) is 0 Å². The summed E-state index contributed by atoms with van der Waals surface area (Å²) in [5, 5.41) is 4.19. The average molecular weight is 508 g/mol. The quantitative estimate of drug-likeness (QED) is 0.204. The molecule has 0 amide bonds. The molecule has 0 saturated heterocycles. The lowest BCUT2D eigenvalue weighted by Gasteiger charge is -2.25. The first-order valence-corrected chi connectivity index (χ1v) is 14.1. The summed E-state index contributed by atoms with van der Waals surface area (Å²) in [5.41, 5.74) is 3.50. The van der Waals surface area contributed by atoms with Crippen LogP contribution >= 0.6 is 7.92 Å².